The number of thiophene rings is 1. The summed E-state index contributed by atoms with van der Waals surface area (Å²) in [6, 6.07) is 18.8. The topological polar surface area (TPSA) is 112 Å². The molecule has 1 unspecified atom stereocenters. The van der Waals surface area contributed by atoms with Crippen LogP contribution in [-0.4, -0.2) is 38.2 Å². The molecule has 0 N–H and O–H groups in total. The summed E-state index contributed by atoms with van der Waals surface area (Å²) in [4.78, 5) is 12.2. The molecule has 0 aliphatic rings. The van der Waals surface area contributed by atoms with Gasteiger partial charge in [-0.05, 0) is 54.8 Å². The van der Waals surface area contributed by atoms with Crippen LogP contribution >= 0.6 is 11.3 Å². The summed E-state index contributed by atoms with van der Waals surface area (Å²) in [7, 11) is -2.15. The van der Waals surface area contributed by atoms with E-state index in [9.17, 15) is 13.2 Å². The lowest BCUT2D eigenvalue weighted by atomic mass is 10.2. The van der Waals surface area contributed by atoms with E-state index in [1.807, 2.05) is 30.3 Å². The molecule has 0 aliphatic heterocycles. The fourth-order valence-corrected chi connectivity index (χ4v) is 5.31. The number of carbonyl (C=O) groups is 1. The van der Waals surface area contributed by atoms with Gasteiger partial charge in [0.15, 0.2) is 12.7 Å². The highest BCUT2D eigenvalue weighted by atomic mass is 32.2. The van der Waals surface area contributed by atoms with E-state index >= 15 is 0 Å². The Kier molecular flexibility index (Phi) is 6.94. The van der Waals surface area contributed by atoms with Crippen LogP contribution in [0.5, 0.6) is 5.75 Å². The van der Waals surface area contributed by atoms with E-state index < -0.39 is 22.1 Å². The van der Waals surface area contributed by atoms with Crippen LogP contribution in [0.2, 0.25) is 0 Å². The number of anilines is 1. The van der Waals surface area contributed by atoms with Gasteiger partial charge >= 0.3 is 5.97 Å². The maximum absolute atomic E-state index is 12.6. The summed E-state index contributed by atoms with van der Waals surface area (Å²) in [6.07, 6.45) is -0.750. The first-order valence-electron chi connectivity index (χ1n) is 10.2. The zero-order chi connectivity index (χ0) is 24.1. The first-order chi connectivity index (χ1) is 16.3. The number of ether oxygens (including phenoxy) is 2. The first-order valence-corrected chi connectivity index (χ1v) is 12.5. The molecule has 0 radical (unpaired) electrons. The van der Waals surface area contributed by atoms with Gasteiger partial charge in [0.2, 0.25) is 5.89 Å². The molecule has 176 valence electrons. The van der Waals surface area contributed by atoms with Crippen molar-refractivity contribution < 1.29 is 27.1 Å². The van der Waals surface area contributed by atoms with Crippen LogP contribution in [0.25, 0.3) is 11.5 Å². The number of aromatic nitrogens is 2. The Balaban J connectivity index is 1.31. The molecule has 2 aromatic heterocycles. The Morgan fingerprint density at radius 1 is 1.06 bits per heavy atom. The number of hydrogen-bond donors (Lipinski definition) is 0. The van der Waals surface area contributed by atoms with E-state index in [1.165, 1.54) is 11.4 Å². The molecule has 0 aliphatic carbocycles. The molecule has 2 heterocycles. The van der Waals surface area contributed by atoms with Gasteiger partial charge in [-0.2, -0.15) is 0 Å². The van der Waals surface area contributed by atoms with Gasteiger partial charge in [0.1, 0.15) is 9.96 Å². The third-order valence-electron chi connectivity index (χ3n) is 4.78. The van der Waals surface area contributed by atoms with Gasteiger partial charge in [0.05, 0.1) is 5.69 Å². The number of sulfonamides is 1. The van der Waals surface area contributed by atoms with Crippen molar-refractivity contribution >= 4 is 33.0 Å². The van der Waals surface area contributed by atoms with Crippen LogP contribution in [-0.2, 0) is 19.6 Å². The Bertz CT molecular complexity index is 1340. The number of benzene rings is 2. The number of hydrogen-bond acceptors (Lipinski definition) is 9. The van der Waals surface area contributed by atoms with Crippen LogP contribution in [0.4, 0.5) is 5.69 Å². The first kappa shape index (κ1) is 23.5. The third kappa shape index (κ3) is 5.26. The van der Waals surface area contributed by atoms with Crippen molar-refractivity contribution in [3.05, 3.63) is 78.0 Å². The molecule has 4 rings (SSSR count). The Labute approximate surface area is 200 Å². The monoisotopic (exact) mass is 499 g/mol. The highest BCUT2D eigenvalue weighted by molar-refractivity contribution is 7.94. The quantitative estimate of drug-likeness (QED) is 0.313. The number of nitrogens with zero attached hydrogens (tertiary/aromatic N) is 3. The molecule has 4 aromatic rings. The molecule has 0 fully saturated rings. The lowest BCUT2D eigenvalue weighted by Gasteiger charge is -2.18. The molecule has 11 heteroatoms. The smallest absolute Gasteiger partial charge is 0.344 e. The van der Waals surface area contributed by atoms with Crippen molar-refractivity contribution in [3.8, 4) is 17.2 Å². The summed E-state index contributed by atoms with van der Waals surface area (Å²) in [5.41, 5.74) is 1.22. The molecule has 0 bridgehead atoms. The summed E-state index contributed by atoms with van der Waals surface area (Å²) < 4.78 is 43.1. The number of rotatable bonds is 9. The van der Waals surface area contributed by atoms with Crippen LogP contribution in [0.3, 0.4) is 0 Å². The lowest BCUT2D eigenvalue weighted by molar-refractivity contribution is -0.152. The molecular weight excluding hydrogens is 478 g/mol. The van der Waals surface area contributed by atoms with E-state index in [0.717, 1.165) is 16.9 Å². The van der Waals surface area contributed by atoms with Crippen molar-refractivity contribution in [2.75, 3.05) is 18.0 Å². The number of carbonyl (C=O) groups excluding carboxylic acids is 1. The maximum atomic E-state index is 12.6. The van der Waals surface area contributed by atoms with Gasteiger partial charge in [0, 0.05) is 12.6 Å². The second-order valence-electron chi connectivity index (χ2n) is 7.13. The van der Waals surface area contributed by atoms with Crippen molar-refractivity contribution in [1.82, 2.24) is 10.2 Å². The van der Waals surface area contributed by atoms with Crippen molar-refractivity contribution in [2.24, 2.45) is 0 Å². The minimum Gasteiger partial charge on any atom is -0.482 e. The fraction of sp³-hybridized carbons (Fsp3) is 0.174. The molecule has 0 saturated heterocycles. The molecule has 0 amide bonds. The lowest BCUT2D eigenvalue weighted by Crippen LogP contribution is -2.25. The van der Waals surface area contributed by atoms with Gasteiger partial charge in [0.25, 0.3) is 15.9 Å². The molecular formula is C23H21N3O6S2. The molecule has 34 heavy (non-hydrogen) atoms. The minimum absolute atomic E-state index is 0.173. The van der Waals surface area contributed by atoms with E-state index in [4.69, 9.17) is 13.9 Å². The van der Waals surface area contributed by atoms with Crippen molar-refractivity contribution in [2.45, 2.75) is 17.2 Å². The zero-order valence-corrected chi connectivity index (χ0v) is 20.0. The molecule has 0 saturated carbocycles. The average molecular weight is 500 g/mol. The van der Waals surface area contributed by atoms with E-state index in [-0.39, 0.29) is 16.7 Å². The van der Waals surface area contributed by atoms with Gasteiger partial charge in [-0.3, -0.25) is 4.31 Å². The summed E-state index contributed by atoms with van der Waals surface area (Å²) >= 11 is 1.15. The van der Waals surface area contributed by atoms with Crippen LogP contribution < -0.4 is 9.04 Å². The fourth-order valence-electron chi connectivity index (χ4n) is 2.96. The highest BCUT2D eigenvalue weighted by Crippen LogP contribution is 2.27. The largest absolute Gasteiger partial charge is 0.482 e. The van der Waals surface area contributed by atoms with Crippen molar-refractivity contribution in [3.63, 3.8) is 0 Å². The highest BCUT2D eigenvalue weighted by Gasteiger charge is 2.22. The van der Waals surface area contributed by atoms with Gasteiger partial charge < -0.3 is 13.9 Å². The summed E-state index contributed by atoms with van der Waals surface area (Å²) in [6.45, 7) is 1.28. The van der Waals surface area contributed by atoms with E-state index in [0.29, 0.717) is 17.3 Å². The molecule has 2 aromatic carbocycles. The van der Waals surface area contributed by atoms with Crippen LogP contribution in [0, 0.1) is 0 Å². The SMILES string of the molecule is CC(OC(=O)COc1ccc(N(C)S(=O)(=O)c2cccs2)cc1)c1nnc(-c2ccccc2)o1. The Morgan fingerprint density at radius 3 is 2.47 bits per heavy atom. The van der Waals surface area contributed by atoms with Gasteiger partial charge in [-0.25, -0.2) is 13.2 Å². The summed E-state index contributed by atoms with van der Waals surface area (Å²) in [5.74, 6) is 0.278. The predicted octanol–water partition coefficient (Wildman–Crippen LogP) is 4.31. The number of esters is 1. The van der Waals surface area contributed by atoms with Crippen LogP contribution in [0.1, 0.15) is 18.9 Å². The van der Waals surface area contributed by atoms with E-state index in [2.05, 4.69) is 10.2 Å². The zero-order valence-electron chi connectivity index (χ0n) is 18.3. The normalized spacial score (nSPS) is 12.2. The standard InChI is InChI=1S/C23H21N3O6S2/c1-16(22-24-25-23(32-22)17-7-4-3-5-8-17)31-20(27)15-30-19-12-10-18(11-13-19)26(2)34(28,29)21-9-6-14-33-21/h3-14,16H,15H2,1-2H3. The minimum atomic E-state index is -3.63. The average Bonchev–Trinajstić information content (AvgIpc) is 3.56. The van der Waals surface area contributed by atoms with Gasteiger partial charge in [-0.1, -0.05) is 24.3 Å². The van der Waals surface area contributed by atoms with Crippen molar-refractivity contribution in [1.29, 1.82) is 0 Å². The Hall–Kier alpha value is -3.70. The molecule has 9 nitrogen and oxygen atoms in total. The predicted molar refractivity (Wildman–Crippen MR) is 126 cm³/mol. The Morgan fingerprint density at radius 2 is 1.79 bits per heavy atom. The molecule has 1 atom stereocenters. The van der Waals surface area contributed by atoms with E-state index in [1.54, 1.807) is 48.7 Å². The second-order valence-corrected chi connectivity index (χ2v) is 10.3. The maximum Gasteiger partial charge on any atom is 0.344 e. The van der Waals surface area contributed by atoms with Crippen LogP contribution in [0.15, 0.2) is 80.7 Å². The third-order valence-corrected chi connectivity index (χ3v) is 7.94. The second kappa shape index (κ2) is 10.1. The van der Waals surface area contributed by atoms with Gasteiger partial charge in [-0.15, -0.1) is 21.5 Å². The summed E-state index contributed by atoms with van der Waals surface area (Å²) in [5, 5.41) is 9.63. The molecule has 0 spiro atoms.